The first-order valence-electron chi connectivity index (χ1n) is 4.26. The van der Waals surface area contributed by atoms with Crippen molar-refractivity contribution in [1.29, 1.82) is 0 Å². The second-order valence-corrected chi connectivity index (χ2v) is 7.22. The maximum atomic E-state index is 11.2. The van der Waals surface area contributed by atoms with E-state index < -0.39 is 15.2 Å². The van der Waals surface area contributed by atoms with Gasteiger partial charge >= 0.3 is 15.2 Å². The molecular weight excluding hydrogens is 242 g/mol. The lowest BCUT2D eigenvalue weighted by atomic mass is 10.3. The van der Waals surface area contributed by atoms with E-state index in [-0.39, 0.29) is 19.2 Å². The van der Waals surface area contributed by atoms with Gasteiger partial charge in [0.2, 0.25) is 0 Å². The molecular formula is C7H16O6P2. The Hall–Kier alpha value is 0.0400. The first kappa shape index (κ1) is 15.0. The molecule has 2 atom stereocenters. The van der Waals surface area contributed by atoms with Crippen molar-refractivity contribution >= 4 is 15.2 Å². The third-order valence-corrected chi connectivity index (χ3v) is 4.49. The average Bonchev–Trinajstić information content (AvgIpc) is 1.98. The van der Waals surface area contributed by atoms with Gasteiger partial charge in [-0.25, -0.2) is 4.31 Å². The predicted molar refractivity (Wildman–Crippen MR) is 57.0 cm³/mol. The Morgan fingerprint density at radius 3 is 2.33 bits per heavy atom. The van der Waals surface area contributed by atoms with Crippen molar-refractivity contribution in [2.75, 3.05) is 19.4 Å². The summed E-state index contributed by atoms with van der Waals surface area (Å²) in [4.78, 5) is 17.9. The van der Waals surface area contributed by atoms with Gasteiger partial charge in [0.05, 0.1) is 12.8 Å². The van der Waals surface area contributed by atoms with Crippen LogP contribution in [0.2, 0.25) is 0 Å². The van der Waals surface area contributed by atoms with Gasteiger partial charge in [0, 0.05) is 6.66 Å². The molecule has 2 unspecified atom stereocenters. The van der Waals surface area contributed by atoms with E-state index in [0.29, 0.717) is 5.57 Å². The summed E-state index contributed by atoms with van der Waals surface area (Å²) in [6, 6.07) is 0. The Balaban J connectivity index is 4.18. The minimum Gasteiger partial charge on any atom is -0.392 e. The van der Waals surface area contributed by atoms with E-state index in [1.165, 1.54) is 0 Å². The lowest BCUT2D eigenvalue weighted by Crippen LogP contribution is -1.93. The minimum atomic E-state index is -4.02. The normalized spacial score (nSPS) is 20.7. The Kier molecular flexibility index (Phi) is 5.96. The molecule has 90 valence electrons. The van der Waals surface area contributed by atoms with Crippen LogP contribution in [0.25, 0.3) is 0 Å². The maximum absolute atomic E-state index is 11.2. The molecule has 0 aromatic heterocycles. The van der Waals surface area contributed by atoms with Gasteiger partial charge in [0.1, 0.15) is 0 Å². The summed E-state index contributed by atoms with van der Waals surface area (Å²) in [5.74, 6) is 0. The topological polar surface area (TPSA) is 104 Å². The fourth-order valence-corrected chi connectivity index (χ4v) is 3.49. The summed E-state index contributed by atoms with van der Waals surface area (Å²) in [6.07, 6.45) is 1.53. The van der Waals surface area contributed by atoms with Crippen molar-refractivity contribution in [3.8, 4) is 0 Å². The summed E-state index contributed by atoms with van der Waals surface area (Å²) in [7, 11) is -7.96. The Morgan fingerprint density at radius 2 is 1.93 bits per heavy atom. The van der Waals surface area contributed by atoms with E-state index >= 15 is 0 Å². The maximum Gasteiger partial charge on any atom is 0.335 e. The van der Waals surface area contributed by atoms with Gasteiger partial charge in [-0.15, -0.1) is 0 Å². The van der Waals surface area contributed by atoms with Crippen molar-refractivity contribution in [2.45, 2.75) is 13.3 Å². The zero-order valence-electron chi connectivity index (χ0n) is 8.66. The minimum absolute atomic E-state index is 0.122. The van der Waals surface area contributed by atoms with Crippen molar-refractivity contribution in [3.05, 3.63) is 11.6 Å². The molecule has 8 heteroatoms. The Labute approximate surface area is 88.7 Å². The summed E-state index contributed by atoms with van der Waals surface area (Å²) < 4.78 is 26.1. The molecule has 0 aliphatic rings. The largest absolute Gasteiger partial charge is 0.392 e. The molecule has 0 aromatic rings. The molecule has 0 fully saturated rings. The molecule has 0 aliphatic heterocycles. The van der Waals surface area contributed by atoms with Crippen LogP contribution in [0.15, 0.2) is 11.6 Å². The number of aliphatic hydroxyl groups excluding tert-OH is 1. The van der Waals surface area contributed by atoms with Crippen LogP contribution in [0.1, 0.15) is 13.3 Å². The molecule has 0 amide bonds. The third kappa shape index (κ3) is 9.00. The molecule has 0 radical (unpaired) electrons. The molecule has 0 aromatic carbocycles. The van der Waals surface area contributed by atoms with E-state index in [1.54, 1.807) is 13.0 Å². The summed E-state index contributed by atoms with van der Waals surface area (Å²) in [5.41, 5.74) is 0.665. The SMILES string of the molecule is C/C(=C\CCP(=O)(O)OP(C)(=O)O)CO. The fraction of sp³-hybridized carbons (Fsp3) is 0.714. The van der Waals surface area contributed by atoms with Crippen LogP contribution in [-0.4, -0.2) is 34.3 Å². The van der Waals surface area contributed by atoms with Gasteiger partial charge in [-0.3, -0.25) is 9.13 Å². The molecule has 0 aliphatic carbocycles. The molecule has 0 spiro atoms. The van der Waals surface area contributed by atoms with Gasteiger partial charge in [0.15, 0.2) is 0 Å². The van der Waals surface area contributed by atoms with E-state index in [9.17, 15) is 9.13 Å². The van der Waals surface area contributed by atoms with Crippen LogP contribution in [-0.2, 0) is 13.4 Å². The van der Waals surface area contributed by atoms with E-state index in [2.05, 4.69) is 4.31 Å². The summed E-state index contributed by atoms with van der Waals surface area (Å²) >= 11 is 0. The number of hydrogen-bond donors (Lipinski definition) is 3. The second-order valence-electron chi connectivity index (χ2n) is 3.24. The molecule has 6 nitrogen and oxygen atoms in total. The molecule has 0 heterocycles. The molecule has 15 heavy (non-hydrogen) atoms. The van der Waals surface area contributed by atoms with Crippen LogP contribution in [0.3, 0.4) is 0 Å². The van der Waals surface area contributed by atoms with Gasteiger partial charge in [-0.05, 0) is 13.3 Å². The summed E-state index contributed by atoms with van der Waals surface area (Å²) in [5, 5.41) is 8.64. The second kappa shape index (κ2) is 5.94. The van der Waals surface area contributed by atoms with Gasteiger partial charge in [-0.1, -0.05) is 11.6 Å². The van der Waals surface area contributed by atoms with Crippen molar-refractivity contribution in [1.82, 2.24) is 0 Å². The molecule has 3 N–H and O–H groups in total. The van der Waals surface area contributed by atoms with E-state index in [4.69, 9.17) is 14.9 Å². The monoisotopic (exact) mass is 258 g/mol. The highest BCUT2D eigenvalue weighted by atomic mass is 31.3. The van der Waals surface area contributed by atoms with Crippen LogP contribution < -0.4 is 0 Å². The number of allylic oxidation sites excluding steroid dienone is 1. The number of hydrogen-bond acceptors (Lipinski definition) is 4. The highest BCUT2D eigenvalue weighted by molar-refractivity contribution is 7.65. The van der Waals surface area contributed by atoms with Crippen LogP contribution in [0, 0.1) is 0 Å². The van der Waals surface area contributed by atoms with Crippen molar-refractivity contribution in [3.63, 3.8) is 0 Å². The van der Waals surface area contributed by atoms with Crippen LogP contribution >= 0.6 is 15.2 Å². The first-order valence-corrected chi connectivity index (χ1v) is 8.05. The van der Waals surface area contributed by atoms with Gasteiger partial charge < -0.3 is 14.9 Å². The molecule has 0 bridgehead atoms. The predicted octanol–water partition coefficient (Wildman–Crippen LogP) is 1.33. The standard InChI is InChI=1S/C7H16O6P2/c1-7(6-8)4-3-5-15(11,12)13-14(2,9)10/h4,8H,3,5-6H2,1-2H3,(H,9,10)(H,11,12)/b7-4+. The zero-order chi connectivity index (χ0) is 12.1. The van der Waals surface area contributed by atoms with Crippen molar-refractivity contribution in [2.24, 2.45) is 0 Å². The fourth-order valence-electron chi connectivity index (χ4n) is 0.816. The van der Waals surface area contributed by atoms with Crippen LogP contribution in [0.5, 0.6) is 0 Å². The average molecular weight is 258 g/mol. The number of rotatable bonds is 6. The lowest BCUT2D eigenvalue weighted by molar-refractivity contribution is 0.329. The zero-order valence-corrected chi connectivity index (χ0v) is 10.4. The van der Waals surface area contributed by atoms with E-state index in [0.717, 1.165) is 6.66 Å². The smallest absolute Gasteiger partial charge is 0.335 e. The Morgan fingerprint density at radius 1 is 1.40 bits per heavy atom. The third-order valence-electron chi connectivity index (χ3n) is 1.43. The summed E-state index contributed by atoms with van der Waals surface area (Å²) in [6.45, 7) is 2.40. The number of aliphatic hydroxyl groups is 1. The highest BCUT2D eigenvalue weighted by Gasteiger charge is 2.27. The molecule has 0 rings (SSSR count). The first-order chi connectivity index (χ1) is 6.66. The quantitative estimate of drug-likeness (QED) is 0.490. The molecule has 0 saturated carbocycles. The van der Waals surface area contributed by atoms with Crippen molar-refractivity contribution < 1.29 is 28.3 Å². The lowest BCUT2D eigenvalue weighted by Gasteiger charge is -2.12. The van der Waals surface area contributed by atoms with Gasteiger partial charge in [0.25, 0.3) is 0 Å². The highest BCUT2D eigenvalue weighted by Crippen LogP contribution is 2.57. The van der Waals surface area contributed by atoms with E-state index in [1.807, 2.05) is 0 Å². The molecule has 0 saturated heterocycles. The Bertz CT molecular complexity index is 317. The van der Waals surface area contributed by atoms with Crippen LogP contribution in [0.4, 0.5) is 0 Å². The van der Waals surface area contributed by atoms with Gasteiger partial charge in [-0.2, -0.15) is 0 Å².